The van der Waals surface area contributed by atoms with Gasteiger partial charge in [-0.3, -0.25) is 0 Å². The van der Waals surface area contributed by atoms with Gasteiger partial charge in [0.2, 0.25) is 0 Å². The van der Waals surface area contributed by atoms with Crippen LogP contribution < -0.4 is 5.32 Å². The minimum absolute atomic E-state index is 0.734. The molecule has 0 aromatic heterocycles. The van der Waals surface area contributed by atoms with Crippen molar-refractivity contribution < 1.29 is 4.74 Å². The summed E-state index contributed by atoms with van der Waals surface area (Å²) in [6.07, 6.45) is 3.36. The lowest BCUT2D eigenvalue weighted by Gasteiger charge is -1.89. The van der Waals surface area contributed by atoms with Gasteiger partial charge in [0, 0.05) is 13.2 Å². The summed E-state index contributed by atoms with van der Waals surface area (Å²) in [4.78, 5) is 0. The van der Waals surface area contributed by atoms with Gasteiger partial charge in [0.25, 0.3) is 0 Å². The van der Waals surface area contributed by atoms with E-state index in [-0.39, 0.29) is 0 Å². The Kier molecular flexibility index (Phi) is 4.84. The van der Waals surface area contributed by atoms with Crippen molar-refractivity contribution in [2.45, 2.75) is 6.92 Å². The van der Waals surface area contributed by atoms with E-state index in [1.165, 1.54) is 0 Å². The molecule has 7 heavy (non-hydrogen) atoms. The number of nitrogens with one attached hydrogen (secondary N) is 1. The highest BCUT2D eigenvalue weighted by molar-refractivity contribution is 4.66. The molecule has 0 heterocycles. The summed E-state index contributed by atoms with van der Waals surface area (Å²) in [5, 5.41) is 2.80. The molecule has 0 aliphatic carbocycles. The first-order valence-electron chi connectivity index (χ1n) is 2.35. The number of hydrogen-bond acceptors (Lipinski definition) is 2. The predicted molar refractivity (Wildman–Crippen MR) is 29.8 cm³/mol. The molecule has 0 saturated carbocycles. The zero-order chi connectivity index (χ0) is 5.54. The molecule has 0 rings (SSSR count). The largest absolute Gasteiger partial charge is 0.500 e. The van der Waals surface area contributed by atoms with Crippen LogP contribution in [-0.4, -0.2) is 13.7 Å². The van der Waals surface area contributed by atoms with E-state index in [9.17, 15) is 0 Å². The summed E-state index contributed by atoms with van der Waals surface area (Å²) in [6, 6.07) is 0. The van der Waals surface area contributed by atoms with E-state index in [1.807, 2.05) is 14.0 Å². The van der Waals surface area contributed by atoms with Gasteiger partial charge in [-0.2, -0.15) is 0 Å². The van der Waals surface area contributed by atoms with E-state index in [1.54, 1.807) is 12.5 Å². The molecule has 0 spiro atoms. The molecule has 2 nitrogen and oxygen atoms in total. The molecule has 0 saturated heterocycles. The van der Waals surface area contributed by atoms with Gasteiger partial charge in [-0.1, -0.05) is 0 Å². The Hall–Kier alpha value is -0.660. The highest BCUT2D eigenvalue weighted by Crippen LogP contribution is 1.70. The molecule has 0 aliphatic heterocycles. The van der Waals surface area contributed by atoms with Crippen LogP contribution in [0.4, 0.5) is 0 Å². The molecule has 0 radical (unpaired) electrons. The monoisotopic (exact) mass is 101 g/mol. The van der Waals surface area contributed by atoms with Gasteiger partial charge in [0.1, 0.15) is 0 Å². The summed E-state index contributed by atoms with van der Waals surface area (Å²) >= 11 is 0. The molecule has 0 atom stereocenters. The first-order chi connectivity index (χ1) is 3.41. The van der Waals surface area contributed by atoms with Crippen molar-refractivity contribution in [1.82, 2.24) is 5.32 Å². The molecule has 2 heteroatoms. The Morgan fingerprint density at radius 3 is 2.86 bits per heavy atom. The van der Waals surface area contributed by atoms with E-state index in [0.717, 1.165) is 6.61 Å². The van der Waals surface area contributed by atoms with Gasteiger partial charge < -0.3 is 10.1 Å². The van der Waals surface area contributed by atoms with Crippen LogP contribution in [0, 0.1) is 0 Å². The summed E-state index contributed by atoms with van der Waals surface area (Å²) in [6.45, 7) is 2.68. The smallest absolute Gasteiger partial charge is 0.0985 e. The lowest BCUT2D eigenvalue weighted by molar-refractivity contribution is 0.267. The summed E-state index contributed by atoms with van der Waals surface area (Å²) in [5.41, 5.74) is 0. The molecule has 0 aromatic carbocycles. The second-order valence-electron chi connectivity index (χ2n) is 1.05. The third-order valence-corrected chi connectivity index (χ3v) is 0.498. The molecular formula is C5H11NO. The second kappa shape index (κ2) is 5.34. The van der Waals surface area contributed by atoms with Crippen molar-refractivity contribution in [3.05, 3.63) is 12.5 Å². The third-order valence-electron chi connectivity index (χ3n) is 0.498. The lowest BCUT2D eigenvalue weighted by atomic mass is 10.8. The van der Waals surface area contributed by atoms with Crippen LogP contribution in [-0.2, 0) is 4.74 Å². The SMILES string of the molecule is CCOC=CNC. The van der Waals surface area contributed by atoms with Crippen molar-refractivity contribution >= 4 is 0 Å². The van der Waals surface area contributed by atoms with Crippen LogP contribution in [0.2, 0.25) is 0 Å². The number of rotatable bonds is 3. The Bertz CT molecular complexity index is 52.0. The summed E-state index contributed by atoms with van der Waals surface area (Å²) in [5.74, 6) is 0. The Labute approximate surface area is 44.2 Å². The van der Waals surface area contributed by atoms with Crippen molar-refractivity contribution in [3.8, 4) is 0 Å². The van der Waals surface area contributed by atoms with Crippen LogP contribution in [0.3, 0.4) is 0 Å². The Balaban J connectivity index is 2.78. The van der Waals surface area contributed by atoms with Crippen molar-refractivity contribution in [2.75, 3.05) is 13.7 Å². The van der Waals surface area contributed by atoms with Crippen molar-refractivity contribution in [1.29, 1.82) is 0 Å². The molecule has 1 N–H and O–H groups in total. The predicted octanol–water partition coefficient (Wildman–Crippen LogP) is 0.714. The van der Waals surface area contributed by atoms with E-state index in [4.69, 9.17) is 4.74 Å². The van der Waals surface area contributed by atoms with Crippen LogP contribution in [0.5, 0.6) is 0 Å². The molecular weight excluding hydrogens is 90.1 g/mol. The molecule has 0 aliphatic rings. The minimum atomic E-state index is 0.734. The van der Waals surface area contributed by atoms with Crippen molar-refractivity contribution in [3.63, 3.8) is 0 Å². The first-order valence-corrected chi connectivity index (χ1v) is 2.35. The minimum Gasteiger partial charge on any atom is -0.500 e. The van der Waals surface area contributed by atoms with E-state index in [0.29, 0.717) is 0 Å². The molecule has 0 aromatic rings. The Morgan fingerprint density at radius 2 is 2.43 bits per heavy atom. The van der Waals surface area contributed by atoms with E-state index in [2.05, 4.69) is 5.32 Å². The highest BCUT2D eigenvalue weighted by atomic mass is 16.5. The molecule has 0 unspecified atom stereocenters. The maximum Gasteiger partial charge on any atom is 0.0985 e. The topological polar surface area (TPSA) is 21.3 Å². The summed E-state index contributed by atoms with van der Waals surface area (Å²) in [7, 11) is 1.83. The fourth-order valence-electron chi connectivity index (χ4n) is 0.212. The van der Waals surface area contributed by atoms with E-state index < -0.39 is 0 Å². The quantitative estimate of drug-likeness (QED) is 0.529. The second-order valence-corrected chi connectivity index (χ2v) is 1.05. The number of hydrogen-bond donors (Lipinski definition) is 1. The fourth-order valence-corrected chi connectivity index (χ4v) is 0.212. The van der Waals surface area contributed by atoms with Crippen molar-refractivity contribution in [2.24, 2.45) is 0 Å². The van der Waals surface area contributed by atoms with Gasteiger partial charge in [-0.05, 0) is 6.92 Å². The average molecular weight is 101 g/mol. The zero-order valence-electron chi connectivity index (χ0n) is 4.77. The average Bonchev–Trinajstić information content (AvgIpc) is 1.69. The maximum atomic E-state index is 4.83. The van der Waals surface area contributed by atoms with Crippen LogP contribution in [0.15, 0.2) is 12.5 Å². The first kappa shape index (κ1) is 6.34. The molecule has 0 amide bonds. The molecule has 42 valence electrons. The Morgan fingerprint density at radius 1 is 1.71 bits per heavy atom. The van der Waals surface area contributed by atoms with Gasteiger partial charge in [0.15, 0.2) is 0 Å². The van der Waals surface area contributed by atoms with Gasteiger partial charge in [0.05, 0.1) is 12.9 Å². The molecule has 0 fully saturated rings. The summed E-state index contributed by atoms with van der Waals surface area (Å²) < 4.78 is 4.83. The van der Waals surface area contributed by atoms with Gasteiger partial charge >= 0.3 is 0 Å². The third kappa shape index (κ3) is 5.34. The normalized spacial score (nSPS) is 9.43. The van der Waals surface area contributed by atoms with Gasteiger partial charge in [-0.25, -0.2) is 0 Å². The zero-order valence-corrected chi connectivity index (χ0v) is 4.77. The van der Waals surface area contributed by atoms with Crippen LogP contribution in [0.25, 0.3) is 0 Å². The standard InChI is InChI=1S/C5H11NO/c1-3-7-5-4-6-2/h4-6H,3H2,1-2H3. The lowest BCUT2D eigenvalue weighted by Crippen LogP contribution is -1.91. The highest BCUT2D eigenvalue weighted by Gasteiger charge is 1.63. The van der Waals surface area contributed by atoms with Gasteiger partial charge in [-0.15, -0.1) is 0 Å². The van der Waals surface area contributed by atoms with Crippen LogP contribution in [0.1, 0.15) is 6.92 Å². The maximum absolute atomic E-state index is 4.83. The van der Waals surface area contributed by atoms with Crippen LogP contribution >= 0.6 is 0 Å². The molecule has 0 bridgehead atoms. The fraction of sp³-hybridized carbons (Fsp3) is 0.600. The number of ether oxygens (including phenoxy) is 1. The van der Waals surface area contributed by atoms with E-state index >= 15 is 0 Å².